The second-order valence-corrected chi connectivity index (χ2v) is 11.7. The lowest BCUT2D eigenvalue weighted by atomic mass is 9.74. The zero-order chi connectivity index (χ0) is 23.9. The summed E-state index contributed by atoms with van der Waals surface area (Å²) in [5, 5.41) is 0.729. The van der Waals surface area contributed by atoms with Gasteiger partial charge >= 0.3 is 0 Å². The summed E-state index contributed by atoms with van der Waals surface area (Å²) in [6, 6.07) is 7.83. The summed E-state index contributed by atoms with van der Waals surface area (Å²) in [6.45, 7) is 3.64. The van der Waals surface area contributed by atoms with Gasteiger partial charge in [-0.15, -0.1) is 11.3 Å². The van der Waals surface area contributed by atoms with Crippen LogP contribution in [0, 0.1) is 12.3 Å². The van der Waals surface area contributed by atoms with Crippen LogP contribution in [-0.2, 0) is 14.3 Å². The molecule has 182 valence electrons. The SMILES string of the molecule is COc1ccccc1C(CN1C(=O)C2(CCCC2)C(=O)c2c1sc(Br)c2C)OC1CCOCC1. The lowest BCUT2D eigenvalue weighted by molar-refractivity contribution is -0.127. The van der Waals surface area contributed by atoms with Gasteiger partial charge in [0, 0.05) is 18.8 Å². The lowest BCUT2D eigenvalue weighted by Crippen LogP contribution is -2.52. The highest BCUT2D eigenvalue weighted by atomic mass is 79.9. The molecule has 2 aliphatic heterocycles. The van der Waals surface area contributed by atoms with Gasteiger partial charge in [0.25, 0.3) is 0 Å². The number of Topliss-reactive ketones (excluding diaryl/α,β-unsaturated/α-hetero) is 1. The first-order valence-corrected chi connectivity index (χ1v) is 13.6. The standard InChI is InChI=1S/C26H30BrNO5S/c1-16-21-22(29)26(11-5-6-12-26)25(30)28(24(21)34-23(16)27)15-20(33-17-9-13-32-14-10-17)18-7-3-4-8-19(18)31-2/h3-4,7-8,17,20H,5-6,9-15H2,1-2H3. The maximum Gasteiger partial charge on any atom is 0.241 e. The molecule has 1 atom stereocenters. The molecular weight excluding hydrogens is 518 g/mol. The number of benzene rings is 1. The van der Waals surface area contributed by atoms with Crippen molar-refractivity contribution in [1.82, 2.24) is 0 Å². The Morgan fingerprint density at radius 1 is 1.21 bits per heavy atom. The smallest absolute Gasteiger partial charge is 0.241 e. The van der Waals surface area contributed by atoms with E-state index >= 15 is 0 Å². The molecule has 1 amide bonds. The fraction of sp³-hybridized carbons (Fsp3) is 0.538. The van der Waals surface area contributed by atoms with Gasteiger partial charge in [-0.2, -0.15) is 0 Å². The van der Waals surface area contributed by atoms with Gasteiger partial charge in [-0.05, 0) is 60.2 Å². The van der Waals surface area contributed by atoms with Crippen LogP contribution in [0.4, 0.5) is 5.00 Å². The van der Waals surface area contributed by atoms with Crippen LogP contribution in [0.15, 0.2) is 28.1 Å². The van der Waals surface area contributed by atoms with Crippen LogP contribution < -0.4 is 9.64 Å². The van der Waals surface area contributed by atoms with Crippen LogP contribution in [0.1, 0.15) is 66.1 Å². The van der Waals surface area contributed by atoms with E-state index in [4.69, 9.17) is 14.2 Å². The summed E-state index contributed by atoms with van der Waals surface area (Å²) in [6.07, 6.45) is 4.33. The fourth-order valence-corrected chi connectivity index (χ4v) is 7.26. The number of fused-ring (bicyclic) bond motifs is 1. The number of hydrogen-bond acceptors (Lipinski definition) is 6. The average molecular weight is 548 g/mol. The number of carbonyl (C=O) groups is 2. The summed E-state index contributed by atoms with van der Waals surface area (Å²) >= 11 is 5.09. The Morgan fingerprint density at radius 3 is 2.62 bits per heavy atom. The first-order chi connectivity index (χ1) is 16.5. The van der Waals surface area contributed by atoms with Crippen molar-refractivity contribution >= 4 is 44.0 Å². The molecule has 1 aliphatic carbocycles. The number of methoxy groups -OCH3 is 1. The highest BCUT2D eigenvalue weighted by molar-refractivity contribution is 9.11. The summed E-state index contributed by atoms with van der Waals surface area (Å²) in [5.41, 5.74) is 1.59. The van der Waals surface area contributed by atoms with Crippen LogP contribution >= 0.6 is 27.3 Å². The van der Waals surface area contributed by atoms with Crippen molar-refractivity contribution in [1.29, 1.82) is 0 Å². The van der Waals surface area contributed by atoms with Gasteiger partial charge in [0.1, 0.15) is 22.3 Å². The van der Waals surface area contributed by atoms with Crippen molar-refractivity contribution in [2.75, 3.05) is 31.8 Å². The maximum atomic E-state index is 14.0. The molecule has 1 saturated carbocycles. The van der Waals surface area contributed by atoms with E-state index in [1.54, 1.807) is 7.11 Å². The molecule has 8 heteroatoms. The number of thiophene rings is 1. The van der Waals surface area contributed by atoms with Crippen molar-refractivity contribution in [2.45, 2.75) is 57.7 Å². The zero-order valence-corrected chi connectivity index (χ0v) is 22.0. The van der Waals surface area contributed by atoms with E-state index in [1.165, 1.54) is 11.3 Å². The van der Waals surface area contributed by atoms with Crippen LogP contribution in [0.5, 0.6) is 5.75 Å². The molecule has 5 rings (SSSR count). The summed E-state index contributed by atoms with van der Waals surface area (Å²) in [5.74, 6) is 0.658. The molecular formula is C26H30BrNO5S. The number of hydrogen-bond donors (Lipinski definition) is 0. The van der Waals surface area contributed by atoms with Gasteiger partial charge in [0.2, 0.25) is 5.91 Å². The predicted molar refractivity (Wildman–Crippen MR) is 135 cm³/mol. The normalized spacial score (nSPS) is 21.2. The third-order valence-electron chi connectivity index (χ3n) is 7.45. The Morgan fingerprint density at radius 2 is 1.91 bits per heavy atom. The molecule has 1 aromatic heterocycles. The minimum atomic E-state index is -0.942. The average Bonchev–Trinajstić information content (AvgIpc) is 3.47. The largest absolute Gasteiger partial charge is 0.496 e. The van der Waals surface area contributed by atoms with E-state index in [0.29, 0.717) is 38.2 Å². The minimum Gasteiger partial charge on any atom is -0.496 e. The van der Waals surface area contributed by atoms with E-state index < -0.39 is 5.41 Å². The molecule has 3 heterocycles. The maximum absolute atomic E-state index is 14.0. The third-order valence-corrected chi connectivity index (χ3v) is 9.63. The van der Waals surface area contributed by atoms with E-state index in [2.05, 4.69) is 15.9 Å². The van der Waals surface area contributed by atoms with Crippen LogP contribution in [-0.4, -0.2) is 44.7 Å². The summed E-state index contributed by atoms with van der Waals surface area (Å²) in [4.78, 5) is 29.6. The molecule has 0 bridgehead atoms. The number of rotatable bonds is 6. The van der Waals surface area contributed by atoms with Crippen molar-refractivity contribution in [3.8, 4) is 5.75 Å². The number of carbonyl (C=O) groups excluding carboxylic acids is 2. The summed E-state index contributed by atoms with van der Waals surface area (Å²) < 4.78 is 18.7. The number of amides is 1. The first kappa shape index (κ1) is 24.0. The van der Waals surface area contributed by atoms with E-state index in [9.17, 15) is 9.59 Å². The van der Waals surface area contributed by atoms with Crippen molar-refractivity contribution in [2.24, 2.45) is 5.41 Å². The molecule has 2 aromatic rings. The fourth-order valence-electron chi connectivity index (χ4n) is 5.56. The first-order valence-electron chi connectivity index (χ1n) is 12.0. The number of para-hydroxylation sites is 1. The molecule has 6 nitrogen and oxygen atoms in total. The van der Waals surface area contributed by atoms with Crippen LogP contribution in [0.3, 0.4) is 0 Å². The topological polar surface area (TPSA) is 65.1 Å². The number of halogens is 1. The lowest BCUT2D eigenvalue weighted by Gasteiger charge is -2.40. The van der Waals surface area contributed by atoms with Gasteiger partial charge in [-0.25, -0.2) is 0 Å². The highest BCUT2D eigenvalue weighted by Crippen LogP contribution is 2.53. The van der Waals surface area contributed by atoms with Gasteiger partial charge in [0.05, 0.1) is 29.1 Å². The van der Waals surface area contributed by atoms with Crippen LogP contribution in [0.2, 0.25) is 0 Å². The third kappa shape index (κ3) is 4.02. The molecule has 1 aromatic carbocycles. The van der Waals surface area contributed by atoms with Crippen molar-refractivity contribution < 1.29 is 23.8 Å². The van der Waals surface area contributed by atoms with E-state index in [0.717, 1.165) is 51.3 Å². The second kappa shape index (κ2) is 9.72. The van der Waals surface area contributed by atoms with Gasteiger partial charge in [-0.1, -0.05) is 31.0 Å². The minimum absolute atomic E-state index is 0.000102. The Kier molecular flexibility index (Phi) is 6.86. The van der Waals surface area contributed by atoms with Gasteiger partial charge in [-0.3, -0.25) is 14.5 Å². The van der Waals surface area contributed by atoms with Crippen molar-refractivity contribution in [3.05, 3.63) is 44.7 Å². The van der Waals surface area contributed by atoms with Crippen LogP contribution in [0.25, 0.3) is 0 Å². The number of ether oxygens (including phenoxy) is 3. The molecule has 1 unspecified atom stereocenters. The molecule has 34 heavy (non-hydrogen) atoms. The molecule has 0 radical (unpaired) electrons. The molecule has 0 N–H and O–H groups in total. The Balaban J connectivity index is 1.56. The molecule has 2 fully saturated rings. The number of ketones is 1. The predicted octanol–water partition coefficient (Wildman–Crippen LogP) is 5.85. The van der Waals surface area contributed by atoms with Gasteiger partial charge in [0.15, 0.2) is 5.78 Å². The number of anilines is 1. The molecule has 1 saturated heterocycles. The second-order valence-electron chi connectivity index (χ2n) is 9.39. The molecule has 1 spiro atoms. The zero-order valence-electron chi connectivity index (χ0n) is 19.6. The van der Waals surface area contributed by atoms with Crippen molar-refractivity contribution in [3.63, 3.8) is 0 Å². The Hall–Kier alpha value is -1.74. The summed E-state index contributed by atoms with van der Waals surface area (Å²) in [7, 11) is 1.65. The number of nitrogens with zero attached hydrogens (tertiary/aromatic N) is 1. The monoisotopic (exact) mass is 547 g/mol. The van der Waals surface area contributed by atoms with E-state index in [1.807, 2.05) is 36.1 Å². The Bertz CT molecular complexity index is 1090. The Labute approximate surface area is 212 Å². The quantitative estimate of drug-likeness (QED) is 0.424. The van der Waals surface area contributed by atoms with Gasteiger partial charge < -0.3 is 14.2 Å². The van der Waals surface area contributed by atoms with E-state index in [-0.39, 0.29) is 23.9 Å². The molecule has 3 aliphatic rings. The highest BCUT2D eigenvalue weighted by Gasteiger charge is 2.55.